The molecule has 1 aromatic carbocycles. The summed E-state index contributed by atoms with van der Waals surface area (Å²) in [5.41, 5.74) is -0.148. The Balaban J connectivity index is 1.97. The Kier molecular flexibility index (Phi) is 3.45. The van der Waals surface area contributed by atoms with Gasteiger partial charge in [0.1, 0.15) is 0 Å². The van der Waals surface area contributed by atoms with Gasteiger partial charge in [0.05, 0.1) is 7.11 Å². The minimum Gasteiger partial charge on any atom is -0.467 e. The maximum atomic E-state index is 11.4. The first-order chi connectivity index (χ1) is 8.14. The van der Waals surface area contributed by atoms with E-state index in [1.165, 1.54) is 12.7 Å². The minimum absolute atomic E-state index is 0.342. The van der Waals surface area contributed by atoms with E-state index >= 15 is 0 Å². The summed E-state index contributed by atoms with van der Waals surface area (Å²) in [6, 6.07) is 10.0. The van der Waals surface area contributed by atoms with Gasteiger partial charge >= 0.3 is 5.97 Å². The van der Waals surface area contributed by atoms with Gasteiger partial charge in [-0.05, 0) is 5.56 Å². The number of hydrogen-bond acceptors (Lipinski definition) is 4. The molecule has 4 nitrogen and oxygen atoms in total. The van der Waals surface area contributed by atoms with Crippen LogP contribution in [0.15, 0.2) is 30.3 Å². The number of benzene rings is 1. The maximum Gasteiger partial charge on any atom is 0.339 e. The van der Waals surface area contributed by atoms with E-state index in [0.717, 1.165) is 6.54 Å². The zero-order valence-electron chi connectivity index (χ0n) is 9.93. The average molecular weight is 235 g/mol. The van der Waals surface area contributed by atoms with Crippen LogP contribution in [0.5, 0.6) is 0 Å². The topological polar surface area (TPSA) is 49.8 Å². The van der Waals surface area contributed by atoms with Crippen molar-refractivity contribution in [3.05, 3.63) is 35.9 Å². The van der Waals surface area contributed by atoms with E-state index in [2.05, 4.69) is 9.64 Å². The molecule has 1 atom stereocenters. The summed E-state index contributed by atoms with van der Waals surface area (Å²) < 4.78 is 4.62. The Morgan fingerprint density at radius 3 is 2.82 bits per heavy atom. The lowest BCUT2D eigenvalue weighted by atomic mass is 10.0. The van der Waals surface area contributed by atoms with Crippen molar-refractivity contribution in [3.63, 3.8) is 0 Å². The normalized spacial score (nSPS) is 24.8. The number of rotatable bonds is 3. The van der Waals surface area contributed by atoms with Crippen molar-refractivity contribution >= 4 is 5.97 Å². The molecule has 2 rings (SSSR count). The van der Waals surface area contributed by atoms with Crippen LogP contribution in [0.3, 0.4) is 0 Å². The fourth-order valence-electron chi connectivity index (χ4n) is 2.20. The SMILES string of the molecule is COC(=O)C1(O)CCN(Cc2ccccc2)C1. The first-order valence-electron chi connectivity index (χ1n) is 5.71. The summed E-state index contributed by atoms with van der Waals surface area (Å²) in [7, 11) is 1.31. The van der Waals surface area contributed by atoms with Crippen molar-refractivity contribution in [1.82, 2.24) is 4.90 Å². The van der Waals surface area contributed by atoms with Crippen molar-refractivity contribution < 1.29 is 14.6 Å². The first kappa shape index (κ1) is 12.1. The number of nitrogens with zero attached hydrogens (tertiary/aromatic N) is 1. The lowest BCUT2D eigenvalue weighted by molar-refractivity contribution is -0.160. The third-order valence-corrected chi connectivity index (χ3v) is 3.14. The molecule has 17 heavy (non-hydrogen) atoms. The van der Waals surface area contributed by atoms with Gasteiger partial charge in [-0.25, -0.2) is 4.79 Å². The van der Waals surface area contributed by atoms with Gasteiger partial charge in [-0.15, -0.1) is 0 Å². The average Bonchev–Trinajstić information content (AvgIpc) is 2.72. The van der Waals surface area contributed by atoms with Crippen LogP contribution in [0.2, 0.25) is 0 Å². The number of hydrogen-bond donors (Lipinski definition) is 1. The molecule has 1 saturated heterocycles. The summed E-state index contributed by atoms with van der Waals surface area (Å²) in [6.45, 7) is 1.80. The van der Waals surface area contributed by atoms with Crippen LogP contribution in [0, 0.1) is 0 Å². The molecule has 0 radical (unpaired) electrons. The number of methoxy groups -OCH3 is 1. The lowest BCUT2D eigenvalue weighted by Gasteiger charge is -2.20. The van der Waals surface area contributed by atoms with E-state index in [9.17, 15) is 9.90 Å². The molecule has 0 amide bonds. The lowest BCUT2D eigenvalue weighted by Crippen LogP contribution is -2.42. The smallest absolute Gasteiger partial charge is 0.339 e. The highest BCUT2D eigenvalue weighted by atomic mass is 16.5. The monoisotopic (exact) mass is 235 g/mol. The van der Waals surface area contributed by atoms with E-state index in [1.54, 1.807) is 0 Å². The highest BCUT2D eigenvalue weighted by molar-refractivity contribution is 5.79. The number of ether oxygens (including phenoxy) is 1. The van der Waals surface area contributed by atoms with Crippen LogP contribution in [0.4, 0.5) is 0 Å². The molecule has 4 heteroatoms. The molecule has 0 aromatic heterocycles. The third-order valence-electron chi connectivity index (χ3n) is 3.14. The quantitative estimate of drug-likeness (QED) is 0.787. The summed E-state index contributed by atoms with van der Waals surface area (Å²) in [5, 5.41) is 10.1. The van der Waals surface area contributed by atoms with Crippen LogP contribution in [0.1, 0.15) is 12.0 Å². The Hall–Kier alpha value is -1.39. The highest BCUT2D eigenvalue weighted by Crippen LogP contribution is 2.23. The van der Waals surface area contributed by atoms with Crippen LogP contribution in [-0.2, 0) is 16.1 Å². The van der Waals surface area contributed by atoms with Crippen LogP contribution in [-0.4, -0.2) is 41.8 Å². The van der Waals surface area contributed by atoms with Gasteiger partial charge in [0.2, 0.25) is 0 Å². The molecule has 1 fully saturated rings. The second-order valence-electron chi connectivity index (χ2n) is 4.47. The molecule has 1 aliphatic rings. The fraction of sp³-hybridized carbons (Fsp3) is 0.462. The molecule has 0 bridgehead atoms. The fourth-order valence-corrected chi connectivity index (χ4v) is 2.20. The highest BCUT2D eigenvalue weighted by Gasteiger charge is 2.43. The first-order valence-corrected chi connectivity index (χ1v) is 5.71. The zero-order valence-corrected chi connectivity index (χ0v) is 9.93. The van der Waals surface area contributed by atoms with Crippen molar-refractivity contribution in [2.75, 3.05) is 20.2 Å². The van der Waals surface area contributed by atoms with Crippen molar-refractivity contribution in [2.24, 2.45) is 0 Å². The summed E-state index contributed by atoms with van der Waals surface area (Å²) >= 11 is 0. The largest absolute Gasteiger partial charge is 0.467 e. The van der Waals surface area contributed by atoms with Crippen molar-refractivity contribution in [2.45, 2.75) is 18.6 Å². The van der Waals surface area contributed by atoms with Crippen LogP contribution >= 0.6 is 0 Å². The van der Waals surface area contributed by atoms with Gasteiger partial charge in [-0.2, -0.15) is 0 Å². The summed E-state index contributed by atoms with van der Waals surface area (Å²) in [6.07, 6.45) is 0.437. The number of aliphatic hydroxyl groups is 1. The maximum absolute atomic E-state index is 11.4. The number of carbonyl (C=O) groups excluding carboxylic acids is 1. The molecule has 1 aromatic rings. The minimum atomic E-state index is -1.33. The molecule has 1 unspecified atom stereocenters. The Bertz CT molecular complexity index is 393. The van der Waals surface area contributed by atoms with Crippen molar-refractivity contribution in [3.8, 4) is 0 Å². The van der Waals surface area contributed by atoms with Gasteiger partial charge in [0.25, 0.3) is 0 Å². The molecule has 0 aliphatic carbocycles. The summed E-state index contributed by atoms with van der Waals surface area (Å²) in [5.74, 6) is -0.534. The van der Waals surface area contributed by atoms with E-state index in [1.807, 2.05) is 30.3 Å². The second-order valence-corrected chi connectivity index (χ2v) is 4.47. The standard InChI is InChI=1S/C13H17NO3/c1-17-12(15)13(16)7-8-14(10-13)9-11-5-3-2-4-6-11/h2-6,16H,7-10H2,1H3. The number of carbonyl (C=O) groups is 1. The molecule has 1 heterocycles. The number of β-amino-alcohol motifs (C(OH)–C–C–N with tert-alkyl or cyclic N) is 1. The molecule has 1 aliphatic heterocycles. The van der Waals surface area contributed by atoms with Gasteiger partial charge < -0.3 is 9.84 Å². The Labute approximate surface area is 101 Å². The molecule has 0 spiro atoms. The summed E-state index contributed by atoms with van der Waals surface area (Å²) in [4.78, 5) is 13.5. The zero-order chi connectivity index (χ0) is 12.3. The van der Waals surface area contributed by atoms with Gasteiger partial charge in [0, 0.05) is 26.1 Å². The predicted octanol–water partition coefficient (Wildman–Crippen LogP) is 0.796. The van der Waals surface area contributed by atoms with E-state index in [4.69, 9.17) is 0 Å². The van der Waals surface area contributed by atoms with E-state index in [-0.39, 0.29) is 0 Å². The van der Waals surface area contributed by atoms with Gasteiger partial charge in [-0.1, -0.05) is 30.3 Å². The van der Waals surface area contributed by atoms with E-state index in [0.29, 0.717) is 19.5 Å². The predicted molar refractivity (Wildman–Crippen MR) is 63.3 cm³/mol. The number of esters is 1. The molecule has 92 valence electrons. The Morgan fingerprint density at radius 1 is 1.47 bits per heavy atom. The molecule has 0 saturated carbocycles. The van der Waals surface area contributed by atoms with Crippen molar-refractivity contribution in [1.29, 1.82) is 0 Å². The van der Waals surface area contributed by atoms with Crippen LogP contribution < -0.4 is 0 Å². The second kappa shape index (κ2) is 4.85. The molecule has 1 N–H and O–H groups in total. The molecular weight excluding hydrogens is 218 g/mol. The number of likely N-dealkylation sites (tertiary alicyclic amines) is 1. The van der Waals surface area contributed by atoms with Gasteiger partial charge in [-0.3, -0.25) is 4.90 Å². The van der Waals surface area contributed by atoms with Gasteiger partial charge in [0.15, 0.2) is 5.60 Å². The van der Waals surface area contributed by atoms with E-state index < -0.39 is 11.6 Å². The Morgan fingerprint density at radius 2 is 2.18 bits per heavy atom. The third kappa shape index (κ3) is 2.65. The molecular formula is C13H17NO3. The van der Waals surface area contributed by atoms with Crippen LogP contribution in [0.25, 0.3) is 0 Å².